The highest BCUT2D eigenvalue weighted by Gasteiger charge is 2.19. The molecule has 0 atom stereocenters. The molecule has 0 radical (unpaired) electrons. The van der Waals surface area contributed by atoms with Gasteiger partial charge in [-0.15, -0.1) is 11.3 Å². The highest BCUT2D eigenvalue weighted by atomic mass is 32.3. The van der Waals surface area contributed by atoms with E-state index in [4.69, 9.17) is 28.2 Å². The van der Waals surface area contributed by atoms with Gasteiger partial charge in [0, 0.05) is 17.8 Å². The number of fused-ring (bicyclic) bond motifs is 2. The molecule has 0 saturated heterocycles. The van der Waals surface area contributed by atoms with Gasteiger partial charge < -0.3 is 10.3 Å². The molecule has 0 fully saturated rings. The molecule has 0 aromatic heterocycles. The zero-order chi connectivity index (χ0) is 20.6. The van der Waals surface area contributed by atoms with E-state index < -0.39 is 10.4 Å². The van der Waals surface area contributed by atoms with E-state index in [0.717, 1.165) is 27.2 Å². The van der Waals surface area contributed by atoms with Crippen molar-refractivity contribution in [3.63, 3.8) is 0 Å². The summed E-state index contributed by atoms with van der Waals surface area (Å²) in [5.74, 6) is 0. The Bertz CT molecular complexity index is 1120. The molecule has 9 heteroatoms. The molecule has 7 nitrogen and oxygen atoms in total. The van der Waals surface area contributed by atoms with Gasteiger partial charge in [-0.1, -0.05) is 20.8 Å². The van der Waals surface area contributed by atoms with Crippen LogP contribution in [-0.4, -0.2) is 36.6 Å². The standard InChI is InChI=1S/C18H21N3S.H2O4S/c1-18(2,3)12-9-15-17(10-13(12)19)22-16-8-11(21(4)5)6-7-14(16)20-15;1-5(2,3)4/h6-10,19H,1-5H3;(H2,1,2,3,4). The maximum Gasteiger partial charge on any atom is 0.215 e. The van der Waals surface area contributed by atoms with Crippen LogP contribution in [0.2, 0.25) is 0 Å². The minimum absolute atomic E-state index is 0.0222. The molecule has 1 aliphatic carbocycles. The Labute approximate surface area is 162 Å². The quantitative estimate of drug-likeness (QED) is 0.193. The van der Waals surface area contributed by atoms with Gasteiger partial charge in [-0.25, -0.2) is 18.0 Å². The molecule has 3 rings (SSSR count). The average Bonchev–Trinajstić information content (AvgIpc) is 2.49. The Hall–Kier alpha value is -2.07. The van der Waals surface area contributed by atoms with Gasteiger partial charge in [-0.3, -0.25) is 4.55 Å². The summed E-state index contributed by atoms with van der Waals surface area (Å²) in [6.07, 6.45) is 0. The fourth-order valence-electron chi connectivity index (χ4n) is 2.61. The van der Waals surface area contributed by atoms with E-state index in [-0.39, 0.29) is 5.41 Å². The second-order valence-corrected chi connectivity index (χ2v) is 9.28. The topological polar surface area (TPSA) is 119 Å². The number of nitrogens with two attached hydrogens (primary N) is 1. The molecule has 1 aromatic carbocycles. The Morgan fingerprint density at radius 3 is 2.30 bits per heavy atom. The van der Waals surface area contributed by atoms with Gasteiger partial charge in [0.25, 0.3) is 0 Å². The van der Waals surface area contributed by atoms with Crippen molar-refractivity contribution < 1.29 is 17.5 Å². The van der Waals surface area contributed by atoms with E-state index in [2.05, 4.69) is 55.7 Å². The normalized spacial score (nSPS) is 12.0. The number of rotatable bonds is 0. The van der Waals surface area contributed by atoms with Crippen molar-refractivity contribution in [1.29, 1.82) is 0 Å². The monoisotopic (exact) mass is 409 g/mol. The second kappa shape index (κ2) is 7.51. The third kappa shape index (κ3) is 5.70. The number of anilines is 1. The lowest BCUT2D eigenvalue weighted by Crippen LogP contribution is -2.21. The molecule has 0 spiro atoms. The van der Waals surface area contributed by atoms with Crippen molar-refractivity contribution in [2.75, 3.05) is 19.8 Å². The van der Waals surface area contributed by atoms with Gasteiger partial charge in [0.2, 0.25) is 15.8 Å². The summed E-state index contributed by atoms with van der Waals surface area (Å²) < 4.78 is 36.1. The molecule has 0 saturated carbocycles. The Kier molecular flexibility index (Phi) is 5.91. The lowest BCUT2D eigenvalue weighted by Gasteiger charge is -2.21. The van der Waals surface area contributed by atoms with Crippen molar-refractivity contribution in [2.45, 2.75) is 26.2 Å². The molecule has 0 amide bonds. The number of nitrogen functional groups attached to an aromatic ring is 1. The minimum Gasteiger partial charge on any atom is -0.726 e. The van der Waals surface area contributed by atoms with Crippen molar-refractivity contribution >= 4 is 37.6 Å². The van der Waals surface area contributed by atoms with Crippen LogP contribution in [0, 0.1) is 0 Å². The summed E-state index contributed by atoms with van der Waals surface area (Å²) in [6.45, 7) is 6.54. The van der Waals surface area contributed by atoms with Crippen molar-refractivity contribution in [1.82, 2.24) is 9.56 Å². The number of hydrogen-bond acceptors (Lipinski definition) is 6. The van der Waals surface area contributed by atoms with E-state index >= 15 is 0 Å². The summed E-state index contributed by atoms with van der Waals surface area (Å²) in [6, 6.07) is 10.6. The van der Waals surface area contributed by atoms with Crippen LogP contribution in [0.4, 0.5) is 5.69 Å². The smallest absolute Gasteiger partial charge is 0.215 e. The molecule has 3 N–H and O–H groups in total. The van der Waals surface area contributed by atoms with Gasteiger partial charge in [0.15, 0.2) is 0 Å². The second-order valence-electron chi connectivity index (χ2n) is 7.35. The molecule has 1 heterocycles. The molecule has 146 valence electrons. The molecule has 0 unspecified atom stereocenters. The third-order valence-corrected chi connectivity index (χ3v) is 4.95. The number of hydrogen-bond donors (Lipinski definition) is 2. The zero-order valence-electron chi connectivity index (χ0n) is 15.8. The summed E-state index contributed by atoms with van der Waals surface area (Å²) in [7, 11) is -0.818. The van der Waals surface area contributed by atoms with Crippen LogP contribution in [0.5, 0.6) is 0 Å². The average molecular weight is 410 g/mol. The zero-order valence-corrected chi connectivity index (χ0v) is 17.5. The van der Waals surface area contributed by atoms with E-state index in [1.165, 1.54) is 10.2 Å². The maximum atomic E-state index is 8.63. The number of benzene rings is 2. The Balaban J connectivity index is 0.000000465. The lowest BCUT2D eigenvalue weighted by atomic mass is 9.86. The highest BCUT2D eigenvalue weighted by molar-refractivity contribution is 7.79. The van der Waals surface area contributed by atoms with Crippen LogP contribution >= 0.6 is 11.3 Å². The van der Waals surface area contributed by atoms with Gasteiger partial charge in [-0.2, -0.15) is 0 Å². The van der Waals surface area contributed by atoms with E-state index in [0.29, 0.717) is 0 Å². The molecule has 1 aromatic rings. The fourth-order valence-corrected chi connectivity index (χ4v) is 3.64. The molecule has 2 aliphatic rings. The molecular weight excluding hydrogens is 386 g/mol. The van der Waals surface area contributed by atoms with Gasteiger partial charge in [0.05, 0.1) is 20.8 Å². The molecule has 27 heavy (non-hydrogen) atoms. The van der Waals surface area contributed by atoms with Crippen LogP contribution in [-0.2, 0) is 15.8 Å². The van der Waals surface area contributed by atoms with Crippen LogP contribution < -0.4 is 15.7 Å². The first-order valence-electron chi connectivity index (χ1n) is 8.09. The Morgan fingerprint density at radius 1 is 1.19 bits per heavy atom. The molecular formula is C18H23N3O4S2. The first-order chi connectivity index (χ1) is 12.3. The third-order valence-electron chi connectivity index (χ3n) is 3.86. The van der Waals surface area contributed by atoms with Crippen LogP contribution in [0.1, 0.15) is 26.3 Å². The number of nitrogens with zero attached hydrogens (tertiary/aromatic N) is 2. The van der Waals surface area contributed by atoms with Gasteiger partial charge in [-0.05, 0) is 29.2 Å². The number of aromatic nitrogens is 1. The minimum atomic E-state index is -4.92. The first-order valence-corrected chi connectivity index (χ1v) is 10.3. The van der Waals surface area contributed by atoms with E-state index in [9.17, 15) is 0 Å². The first kappa shape index (κ1) is 21.2. The summed E-state index contributed by atoms with van der Waals surface area (Å²) in [5.41, 5.74) is 10.3. The highest BCUT2D eigenvalue weighted by Crippen LogP contribution is 2.35. The lowest BCUT2D eigenvalue weighted by molar-refractivity contribution is 0.366. The van der Waals surface area contributed by atoms with Crippen molar-refractivity contribution in [3.8, 4) is 10.6 Å². The summed E-state index contributed by atoms with van der Waals surface area (Å²) in [4.78, 5) is 6.01. The van der Waals surface area contributed by atoms with E-state index in [1.807, 2.05) is 14.1 Å². The van der Waals surface area contributed by atoms with E-state index in [1.54, 1.807) is 11.3 Å². The van der Waals surface area contributed by atoms with Crippen molar-refractivity contribution in [2.24, 2.45) is 0 Å². The van der Waals surface area contributed by atoms with Crippen LogP contribution in [0.15, 0.2) is 30.3 Å². The SMILES string of the molecule is C[N+](C)=c1ccc2nc3cc(C(C)(C)C)c(N)cc3sc-2c1.O=S(=O)([O-])O. The predicted molar refractivity (Wildman–Crippen MR) is 109 cm³/mol. The van der Waals surface area contributed by atoms with Crippen molar-refractivity contribution in [3.05, 3.63) is 41.3 Å². The summed E-state index contributed by atoms with van der Waals surface area (Å²) in [5, 5.41) is 1.18. The Morgan fingerprint density at radius 2 is 1.78 bits per heavy atom. The molecule has 1 aliphatic heterocycles. The fraction of sp³-hybridized carbons (Fsp3) is 0.333. The largest absolute Gasteiger partial charge is 0.726 e. The van der Waals surface area contributed by atoms with Crippen LogP contribution in [0.3, 0.4) is 0 Å². The predicted octanol–water partition coefficient (Wildman–Crippen LogP) is 2.32. The summed E-state index contributed by atoms with van der Waals surface area (Å²) >= 11 is 1.75. The van der Waals surface area contributed by atoms with Gasteiger partial charge >= 0.3 is 0 Å². The molecule has 0 bridgehead atoms. The maximum absolute atomic E-state index is 8.63. The van der Waals surface area contributed by atoms with Gasteiger partial charge in [0.1, 0.15) is 14.1 Å². The van der Waals surface area contributed by atoms with Crippen LogP contribution in [0.25, 0.3) is 20.8 Å².